The molecule has 2 atom stereocenters. The van der Waals surface area contributed by atoms with Crippen LogP contribution in [0.25, 0.3) is 0 Å². The maximum atomic E-state index is 11.7. The molecule has 2 rings (SSSR count). The summed E-state index contributed by atoms with van der Waals surface area (Å²) >= 11 is 3.45. The van der Waals surface area contributed by atoms with Crippen LogP contribution in [0.3, 0.4) is 0 Å². The number of primary amides is 1. The molecule has 0 saturated carbocycles. The molecule has 0 aliphatic heterocycles. The zero-order valence-corrected chi connectivity index (χ0v) is 12.8. The SMILES string of the molecule is CC(NC(C(N)=O)c1ccccc1)c1cccc(Br)c1. The number of benzene rings is 2. The summed E-state index contributed by atoms with van der Waals surface area (Å²) < 4.78 is 1.01. The van der Waals surface area contributed by atoms with E-state index in [0.29, 0.717) is 0 Å². The van der Waals surface area contributed by atoms with Crippen LogP contribution in [-0.4, -0.2) is 5.91 Å². The monoisotopic (exact) mass is 332 g/mol. The molecule has 0 spiro atoms. The second kappa shape index (κ2) is 6.68. The average Bonchev–Trinajstić information content (AvgIpc) is 2.45. The Balaban J connectivity index is 2.19. The highest BCUT2D eigenvalue weighted by Gasteiger charge is 2.20. The van der Waals surface area contributed by atoms with Crippen LogP contribution < -0.4 is 11.1 Å². The highest BCUT2D eigenvalue weighted by Crippen LogP contribution is 2.22. The number of hydrogen-bond donors (Lipinski definition) is 2. The summed E-state index contributed by atoms with van der Waals surface area (Å²) in [5, 5.41) is 3.28. The molecule has 2 unspecified atom stereocenters. The van der Waals surface area contributed by atoms with Gasteiger partial charge in [-0.05, 0) is 30.2 Å². The van der Waals surface area contributed by atoms with Crippen molar-refractivity contribution in [2.24, 2.45) is 5.73 Å². The van der Waals surface area contributed by atoms with Gasteiger partial charge < -0.3 is 5.73 Å². The lowest BCUT2D eigenvalue weighted by atomic mass is 10.0. The molecule has 2 aromatic carbocycles. The second-order valence-corrected chi connectivity index (χ2v) is 5.61. The Morgan fingerprint density at radius 2 is 1.75 bits per heavy atom. The Morgan fingerprint density at radius 1 is 1.10 bits per heavy atom. The fourth-order valence-electron chi connectivity index (χ4n) is 2.11. The van der Waals surface area contributed by atoms with E-state index in [2.05, 4.69) is 21.2 Å². The third kappa shape index (κ3) is 3.68. The summed E-state index contributed by atoms with van der Waals surface area (Å²) in [6.45, 7) is 2.01. The molecular weight excluding hydrogens is 316 g/mol. The first-order valence-electron chi connectivity index (χ1n) is 6.43. The van der Waals surface area contributed by atoms with Crippen molar-refractivity contribution < 1.29 is 4.79 Å². The minimum absolute atomic E-state index is 0.0187. The van der Waals surface area contributed by atoms with Crippen LogP contribution in [0.4, 0.5) is 0 Å². The lowest BCUT2D eigenvalue weighted by molar-refractivity contribution is -0.120. The normalized spacial score (nSPS) is 13.7. The fraction of sp³-hybridized carbons (Fsp3) is 0.188. The molecule has 0 aliphatic carbocycles. The molecule has 3 N–H and O–H groups in total. The van der Waals surface area contributed by atoms with Crippen molar-refractivity contribution in [2.75, 3.05) is 0 Å². The van der Waals surface area contributed by atoms with E-state index in [0.717, 1.165) is 15.6 Å². The van der Waals surface area contributed by atoms with Crippen LogP contribution in [0.15, 0.2) is 59.1 Å². The van der Waals surface area contributed by atoms with Crippen molar-refractivity contribution in [3.8, 4) is 0 Å². The van der Waals surface area contributed by atoms with Crippen LogP contribution in [0.2, 0.25) is 0 Å². The molecule has 1 amide bonds. The number of carbonyl (C=O) groups excluding carboxylic acids is 1. The van der Waals surface area contributed by atoms with E-state index in [-0.39, 0.29) is 11.9 Å². The van der Waals surface area contributed by atoms with Crippen molar-refractivity contribution in [2.45, 2.75) is 19.0 Å². The zero-order valence-electron chi connectivity index (χ0n) is 11.2. The van der Waals surface area contributed by atoms with Gasteiger partial charge in [-0.3, -0.25) is 10.1 Å². The highest BCUT2D eigenvalue weighted by atomic mass is 79.9. The summed E-state index contributed by atoms with van der Waals surface area (Å²) in [4.78, 5) is 11.7. The molecule has 0 aliphatic rings. The van der Waals surface area contributed by atoms with E-state index >= 15 is 0 Å². The van der Waals surface area contributed by atoms with Crippen LogP contribution in [0.5, 0.6) is 0 Å². The minimum atomic E-state index is -0.495. The smallest absolute Gasteiger partial charge is 0.239 e. The first-order chi connectivity index (χ1) is 9.58. The molecule has 0 heterocycles. The van der Waals surface area contributed by atoms with Crippen LogP contribution in [-0.2, 0) is 4.79 Å². The minimum Gasteiger partial charge on any atom is -0.368 e. The predicted octanol–water partition coefficient (Wildman–Crippen LogP) is 3.33. The number of halogens is 1. The van der Waals surface area contributed by atoms with Gasteiger partial charge in [0.2, 0.25) is 5.91 Å². The number of carbonyl (C=O) groups is 1. The molecule has 2 aromatic rings. The van der Waals surface area contributed by atoms with E-state index in [1.807, 2.05) is 61.5 Å². The summed E-state index contributed by atoms with van der Waals surface area (Å²) in [6.07, 6.45) is 0. The Morgan fingerprint density at radius 3 is 2.35 bits per heavy atom. The van der Waals surface area contributed by atoms with Gasteiger partial charge in [0.15, 0.2) is 0 Å². The second-order valence-electron chi connectivity index (χ2n) is 4.69. The van der Waals surface area contributed by atoms with Crippen molar-refractivity contribution in [1.29, 1.82) is 0 Å². The van der Waals surface area contributed by atoms with Crippen molar-refractivity contribution >= 4 is 21.8 Å². The van der Waals surface area contributed by atoms with E-state index in [4.69, 9.17) is 5.73 Å². The van der Waals surface area contributed by atoms with E-state index < -0.39 is 6.04 Å². The molecular formula is C16H17BrN2O. The largest absolute Gasteiger partial charge is 0.368 e. The number of nitrogens with one attached hydrogen (secondary N) is 1. The maximum absolute atomic E-state index is 11.7. The predicted molar refractivity (Wildman–Crippen MR) is 84.1 cm³/mol. The molecule has 20 heavy (non-hydrogen) atoms. The quantitative estimate of drug-likeness (QED) is 0.882. The van der Waals surface area contributed by atoms with Crippen molar-refractivity contribution in [3.05, 3.63) is 70.2 Å². The first-order valence-corrected chi connectivity index (χ1v) is 7.23. The van der Waals surface area contributed by atoms with E-state index in [1.165, 1.54) is 0 Å². The molecule has 4 heteroatoms. The van der Waals surface area contributed by atoms with Gasteiger partial charge in [0.1, 0.15) is 6.04 Å². The highest BCUT2D eigenvalue weighted by molar-refractivity contribution is 9.10. The van der Waals surface area contributed by atoms with Crippen molar-refractivity contribution in [3.63, 3.8) is 0 Å². The van der Waals surface area contributed by atoms with Gasteiger partial charge in [-0.15, -0.1) is 0 Å². The number of rotatable bonds is 5. The summed E-state index contributed by atoms with van der Waals surface area (Å²) in [5.74, 6) is -0.377. The third-order valence-corrected chi connectivity index (χ3v) is 3.68. The number of hydrogen-bond acceptors (Lipinski definition) is 2. The Labute approximate surface area is 127 Å². The molecule has 3 nitrogen and oxygen atoms in total. The summed E-state index contributed by atoms with van der Waals surface area (Å²) in [7, 11) is 0. The lowest BCUT2D eigenvalue weighted by Gasteiger charge is -2.21. The standard InChI is InChI=1S/C16H17BrN2O/c1-11(13-8-5-9-14(17)10-13)19-15(16(18)20)12-6-3-2-4-7-12/h2-11,15,19H,1H3,(H2,18,20). The fourth-order valence-corrected chi connectivity index (χ4v) is 2.53. The van der Waals surface area contributed by atoms with Crippen LogP contribution in [0.1, 0.15) is 30.1 Å². The van der Waals surface area contributed by atoms with Gasteiger partial charge in [-0.25, -0.2) is 0 Å². The number of nitrogens with two attached hydrogens (primary N) is 1. The Hall–Kier alpha value is -1.65. The van der Waals surface area contributed by atoms with Gasteiger partial charge in [0, 0.05) is 10.5 Å². The molecule has 0 bridgehead atoms. The number of amides is 1. The van der Waals surface area contributed by atoms with Gasteiger partial charge in [0.05, 0.1) is 0 Å². The molecule has 0 radical (unpaired) electrons. The summed E-state index contributed by atoms with van der Waals surface area (Å²) in [6, 6.07) is 17.0. The van der Waals surface area contributed by atoms with E-state index in [1.54, 1.807) is 0 Å². The molecule has 0 fully saturated rings. The third-order valence-electron chi connectivity index (χ3n) is 3.18. The van der Waals surface area contributed by atoms with Gasteiger partial charge in [-0.1, -0.05) is 58.4 Å². The van der Waals surface area contributed by atoms with Crippen molar-refractivity contribution in [1.82, 2.24) is 5.32 Å². The Bertz CT molecular complexity index is 586. The molecule has 0 saturated heterocycles. The Kier molecular flexibility index (Phi) is 4.93. The van der Waals surface area contributed by atoms with E-state index in [9.17, 15) is 4.79 Å². The van der Waals surface area contributed by atoms with Gasteiger partial charge in [-0.2, -0.15) is 0 Å². The van der Waals surface area contributed by atoms with Gasteiger partial charge in [0.25, 0.3) is 0 Å². The van der Waals surface area contributed by atoms with Crippen LogP contribution >= 0.6 is 15.9 Å². The lowest BCUT2D eigenvalue weighted by Crippen LogP contribution is -2.35. The first kappa shape index (κ1) is 14.8. The molecule has 104 valence electrons. The van der Waals surface area contributed by atoms with Gasteiger partial charge >= 0.3 is 0 Å². The average molecular weight is 333 g/mol. The maximum Gasteiger partial charge on any atom is 0.239 e. The summed E-state index contributed by atoms with van der Waals surface area (Å²) in [5.41, 5.74) is 7.49. The van der Waals surface area contributed by atoms with Crippen LogP contribution in [0, 0.1) is 0 Å². The topological polar surface area (TPSA) is 55.1 Å². The zero-order chi connectivity index (χ0) is 14.5. The molecule has 0 aromatic heterocycles.